The highest BCUT2D eigenvalue weighted by molar-refractivity contribution is 5.31. The summed E-state index contributed by atoms with van der Waals surface area (Å²) in [6.45, 7) is 3.35. The molecule has 2 atom stereocenters. The number of rotatable bonds is 6. The molecule has 0 aliphatic heterocycles. The molecule has 1 aromatic carbocycles. The van der Waals surface area contributed by atoms with Gasteiger partial charge in [0.05, 0.1) is 19.3 Å². The number of hydrogen-bond acceptors (Lipinski definition) is 4. The number of halogens is 1. The normalized spacial score (nSPS) is 16.1. The molecule has 0 aliphatic rings. The second-order valence-corrected chi connectivity index (χ2v) is 4.65. The first-order chi connectivity index (χ1) is 8.39. The minimum atomic E-state index is -1.17. The maximum Gasteiger partial charge on any atom is 0.165 e. The maximum atomic E-state index is 13.2. The Morgan fingerprint density at radius 3 is 2.72 bits per heavy atom. The highest BCUT2D eigenvalue weighted by Gasteiger charge is 2.20. The summed E-state index contributed by atoms with van der Waals surface area (Å²) in [6.07, 6.45) is 0. The molecule has 0 radical (unpaired) electrons. The van der Waals surface area contributed by atoms with Gasteiger partial charge in [0.2, 0.25) is 0 Å². The fraction of sp³-hybridized carbons (Fsp3) is 0.538. The highest BCUT2D eigenvalue weighted by Crippen LogP contribution is 2.22. The predicted molar refractivity (Wildman–Crippen MR) is 67.1 cm³/mol. The number of benzene rings is 1. The minimum Gasteiger partial charge on any atom is -0.494 e. The quantitative estimate of drug-likeness (QED) is 0.717. The van der Waals surface area contributed by atoms with Crippen molar-refractivity contribution in [2.75, 3.05) is 20.3 Å². The van der Waals surface area contributed by atoms with E-state index in [4.69, 9.17) is 9.84 Å². The summed E-state index contributed by atoms with van der Waals surface area (Å²) in [7, 11) is 1.41. The second-order valence-electron chi connectivity index (χ2n) is 4.65. The van der Waals surface area contributed by atoms with Crippen LogP contribution in [0, 0.1) is 5.82 Å². The van der Waals surface area contributed by atoms with E-state index in [9.17, 15) is 9.50 Å². The zero-order chi connectivity index (χ0) is 13.8. The van der Waals surface area contributed by atoms with Gasteiger partial charge in [-0.2, -0.15) is 0 Å². The lowest BCUT2D eigenvalue weighted by Gasteiger charge is -2.24. The van der Waals surface area contributed by atoms with Gasteiger partial charge >= 0.3 is 0 Å². The molecule has 1 aromatic rings. The first-order valence-corrected chi connectivity index (χ1v) is 5.79. The molecule has 0 amide bonds. The Bertz CT molecular complexity index is 396. The number of aliphatic hydroxyl groups is 2. The van der Waals surface area contributed by atoms with E-state index in [1.807, 2.05) is 6.92 Å². The van der Waals surface area contributed by atoms with Crippen LogP contribution in [0.5, 0.6) is 5.75 Å². The van der Waals surface area contributed by atoms with Crippen LogP contribution in [-0.4, -0.2) is 36.1 Å². The Labute approximate surface area is 106 Å². The van der Waals surface area contributed by atoms with Crippen molar-refractivity contribution in [1.82, 2.24) is 5.32 Å². The van der Waals surface area contributed by atoms with Crippen LogP contribution in [0.3, 0.4) is 0 Å². The van der Waals surface area contributed by atoms with E-state index < -0.39 is 11.4 Å². The standard InChI is InChI=1S/C13H20FNO3/c1-9(15-7-13(2,17)8-16)10-4-5-11(14)12(6-10)18-3/h4-6,9,15-17H,7-8H2,1-3H3. The minimum absolute atomic E-state index is 0.0856. The summed E-state index contributed by atoms with van der Waals surface area (Å²) >= 11 is 0. The van der Waals surface area contributed by atoms with Crippen LogP contribution in [0.4, 0.5) is 4.39 Å². The van der Waals surface area contributed by atoms with Gasteiger partial charge in [-0.1, -0.05) is 6.07 Å². The molecule has 0 aromatic heterocycles. The van der Waals surface area contributed by atoms with Gasteiger partial charge in [0.15, 0.2) is 11.6 Å². The van der Waals surface area contributed by atoms with Crippen LogP contribution >= 0.6 is 0 Å². The third-order valence-corrected chi connectivity index (χ3v) is 2.80. The summed E-state index contributed by atoms with van der Waals surface area (Å²) in [5.41, 5.74) is -0.319. The van der Waals surface area contributed by atoms with Crippen molar-refractivity contribution in [1.29, 1.82) is 0 Å². The lowest BCUT2D eigenvalue weighted by Crippen LogP contribution is -2.41. The highest BCUT2D eigenvalue weighted by atomic mass is 19.1. The zero-order valence-corrected chi connectivity index (χ0v) is 10.9. The van der Waals surface area contributed by atoms with Crippen molar-refractivity contribution in [3.05, 3.63) is 29.6 Å². The molecule has 0 spiro atoms. The number of nitrogens with one attached hydrogen (secondary N) is 1. The Balaban J connectivity index is 2.70. The Kier molecular flexibility index (Phi) is 5.07. The monoisotopic (exact) mass is 257 g/mol. The third-order valence-electron chi connectivity index (χ3n) is 2.80. The molecular weight excluding hydrogens is 237 g/mol. The molecule has 3 N–H and O–H groups in total. The topological polar surface area (TPSA) is 61.7 Å². The van der Waals surface area contributed by atoms with Gasteiger partial charge in [-0.15, -0.1) is 0 Å². The molecule has 0 saturated carbocycles. The molecule has 2 unspecified atom stereocenters. The number of methoxy groups -OCH3 is 1. The van der Waals surface area contributed by atoms with E-state index >= 15 is 0 Å². The van der Waals surface area contributed by atoms with Crippen LogP contribution < -0.4 is 10.1 Å². The molecule has 4 nitrogen and oxygen atoms in total. The third kappa shape index (κ3) is 3.94. The molecule has 0 fully saturated rings. The van der Waals surface area contributed by atoms with E-state index in [0.717, 1.165) is 5.56 Å². The van der Waals surface area contributed by atoms with Gasteiger partial charge in [-0.05, 0) is 31.5 Å². The van der Waals surface area contributed by atoms with Crippen molar-refractivity contribution < 1.29 is 19.3 Å². The molecule has 102 valence electrons. The van der Waals surface area contributed by atoms with Gasteiger partial charge in [0.25, 0.3) is 0 Å². The summed E-state index contributed by atoms with van der Waals surface area (Å²) in [4.78, 5) is 0. The number of aliphatic hydroxyl groups excluding tert-OH is 1. The van der Waals surface area contributed by atoms with Crippen LogP contribution in [0.1, 0.15) is 25.5 Å². The van der Waals surface area contributed by atoms with E-state index in [-0.39, 0.29) is 24.9 Å². The van der Waals surface area contributed by atoms with Crippen LogP contribution in [-0.2, 0) is 0 Å². The second kappa shape index (κ2) is 6.13. The van der Waals surface area contributed by atoms with Crippen molar-refractivity contribution in [2.45, 2.75) is 25.5 Å². The summed E-state index contributed by atoms with van der Waals surface area (Å²) in [6, 6.07) is 4.53. The maximum absolute atomic E-state index is 13.2. The summed E-state index contributed by atoms with van der Waals surface area (Å²) in [5, 5.41) is 21.7. The van der Waals surface area contributed by atoms with Crippen molar-refractivity contribution >= 4 is 0 Å². The Hall–Kier alpha value is -1.17. The molecular formula is C13H20FNO3. The van der Waals surface area contributed by atoms with E-state index in [2.05, 4.69) is 5.32 Å². The predicted octanol–water partition coefficient (Wildman–Crippen LogP) is 1.23. The zero-order valence-electron chi connectivity index (χ0n) is 10.9. The van der Waals surface area contributed by atoms with Gasteiger partial charge in [-0.3, -0.25) is 0 Å². The molecule has 0 bridgehead atoms. The van der Waals surface area contributed by atoms with Gasteiger partial charge in [0.1, 0.15) is 0 Å². The molecule has 0 heterocycles. The SMILES string of the molecule is COc1cc(C(C)NCC(C)(O)CO)ccc1F. The average molecular weight is 257 g/mol. The largest absolute Gasteiger partial charge is 0.494 e. The van der Waals surface area contributed by atoms with Crippen LogP contribution in [0.25, 0.3) is 0 Å². The fourth-order valence-electron chi connectivity index (χ4n) is 1.49. The summed E-state index contributed by atoms with van der Waals surface area (Å²) in [5.74, 6) is -0.217. The van der Waals surface area contributed by atoms with E-state index in [1.165, 1.54) is 20.1 Å². The van der Waals surface area contributed by atoms with Gasteiger partial charge in [0, 0.05) is 12.6 Å². The molecule has 0 saturated heterocycles. The number of ether oxygens (including phenoxy) is 1. The van der Waals surface area contributed by atoms with Crippen LogP contribution in [0.15, 0.2) is 18.2 Å². The molecule has 1 rings (SSSR count). The van der Waals surface area contributed by atoms with Gasteiger partial charge in [-0.25, -0.2) is 4.39 Å². The van der Waals surface area contributed by atoms with Crippen molar-refractivity contribution in [2.24, 2.45) is 0 Å². The Morgan fingerprint density at radius 1 is 1.50 bits per heavy atom. The molecule has 5 heteroatoms. The molecule has 0 aliphatic carbocycles. The summed E-state index contributed by atoms with van der Waals surface area (Å²) < 4.78 is 18.2. The van der Waals surface area contributed by atoms with E-state index in [0.29, 0.717) is 0 Å². The van der Waals surface area contributed by atoms with E-state index in [1.54, 1.807) is 12.1 Å². The lowest BCUT2D eigenvalue weighted by atomic mass is 10.1. The fourth-order valence-corrected chi connectivity index (χ4v) is 1.49. The van der Waals surface area contributed by atoms with Gasteiger partial charge < -0.3 is 20.3 Å². The number of hydrogen-bond donors (Lipinski definition) is 3. The average Bonchev–Trinajstić information content (AvgIpc) is 2.36. The Morgan fingerprint density at radius 2 is 2.17 bits per heavy atom. The van der Waals surface area contributed by atoms with Crippen molar-refractivity contribution in [3.63, 3.8) is 0 Å². The van der Waals surface area contributed by atoms with Crippen LogP contribution in [0.2, 0.25) is 0 Å². The first-order valence-electron chi connectivity index (χ1n) is 5.79. The first kappa shape index (κ1) is 14.9. The van der Waals surface area contributed by atoms with Crippen molar-refractivity contribution in [3.8, 4) is 5.75 Å². The lowest BCUT2D eigenvalue weighted by molar-refractivity contribution is 0.00105. The smallest absolute Gasteiger partial charge is 0.165 e. The molecule has 18 heavy (non-hydrogen) atoms.